The molecule has 3 heteroatoms. The molecule has 1 aromatic heterocycles. The first kappa shape index (κ1) is 12.2. The van der Waals surface area contributed by atoms with E-state index in [9.17, 15) is 0 Å². The van der Waals surface area contributed by atoms with E-state index < -0.39 is 0 Å². The van der Waals surface area contributed by atoms with Gasteiger partial charge in [0.25, 0.3) is 0 Å². The fraction of sp³-hybridized carbons (Fsp3) is 0.333. The Labute approximate surface area is 117 Å². The van der Waals surface area contributed by atoms with Gasteiger partial charge in [0.15, 0.2) is 0 Å². The van der Waals surface area contributed by atoms with E-state index in [0.29, 0.717) is 0 Å². The third-order valence-corrected chi connectivity index (χ3v) is 4.94. The van der Waals surface area contributed by atoms with Gasteiger partial charge in [-0.2, -0.15) is 0 Å². The van der Waals surface area contributed by atoms with Crippen LogP contribution in [0.3, 0.4) is 0 Å². The van der Waals surface area contributed by atoms with Crippen molar-refractivity contribution in [3.05, 3.63) is 56.7 Å². The molecule has 18 heavy (non-hydrogen) atoms. The molecule has 3 rings (SSSR count). The molecule has 1 aromatic carbocycles. The number of benzene rings is 1. The molecule has 94 valence electrons. The van der Waals surface area contributed by atoms with Gasteiger partial charge in [-0.3, -0.25) is 0 Å². The third-order valence-electron chi connectivity index (χ3n) is 3.71. The van der Waals surface area contributed by atoms with Crippen LogP contribution in [0.25, 0.3) is 0 Å². The predicted molar refractivity (Wildman–Crippen MR) is 78.4 cm³/mol. The standard InChI is InChI=1S/C15H16ClNS/c16-14-6-5-13(18-14)10-15(17)8-7-11-3-1-2-4-12(11)9-15/h1-6H,7-10,17H2. The molecule has 2 aromatic rings. The van der Waals surface area contributed by atoms with E-state index in [2.05, 4.69) is 30.3 Å². The Bertz CT molecular complexity index is 563. The van der Waals surface area contributed by atoms with Crippen molar-refractivity contribution in [2.24, 2.45) is 5.73 Å². The maximum atomic E-state index is 6.58. The highest BCUT2D eigenvalue weighted by molar-refractivity contribution is 7.16. The highest BCUT2D eigenvalue weighted by atomic mass is 35.5. The smallest absolute Gasteiger partial charge is 0.0931 e. The summed E-state index contributed by atoms with van der Waals surface area (Å²) in [6, 6.07) is 12.7. The van der Waals surface area contributed by atoms with Crippen molar-refractivity contribution in [3.8, 4) is 0 Å². The van der Waals surface area contributed by atoms with Crippen molar-refractivity contribution in [2.75, 3.05) is 0 Å². The molecule has 0 saturated heterocycles. The Kier molecular flexibility index (Phi) is 3.18. The molecule has 1 heterocycles. The van der Waals surface area contributed by atoms with Crippen LogP contribution >= 0.6 is 22.9 Å². The second kappa shape index (κ2) is 4.69. The second-order valence-electron chi connectivity index (χ2n) is 5.19. The average Bonchev–Trinajstić information content (AvgIpc) is 2.74. The lowest BCUT2D eigenvalue weighted by molar-refractivity contribution is 0.371. The zero-order valence-corrected chi connectivity index (χ0v) is 11.7. The Hall–Kier alpha value is -0.830. The molecule has 0 fully saturated rings. The normalized spacial score (nSPS) is 22.8. The van der Waals surface area contributed by atoms with E-state index in [0.717, 1.165) is 30.0 Å². The first-order valence-electron chi connectivity index (χ1n) is 6.25. The average molecular weight is 278 g/mol. The summed E-state index contributed by atoms with van der Waals surface area (Å²) in [5.41, 5.74) is 9.34. The zero-order chi connectivity index (χ0) is 12.6. The highest BCUT2D eigenvalue weighted by Gasteiger charge is 2.30. The predicted octanol–water partition coefficient (Wildman–Crippen LogP) is 3.83. The van der Waals surface area contributed by atoms with Gasteiger partial charge in [0, 0.05) is 16.8 Å². The summed E-state index contributed by atoms with van der Waals surface area (Å²) in [5, 5.41) is 0. The van der Waals surface area contributed by atoms with E-state index >= 15 is 0 Å². The van der Waals surface area contributed by atoms with Crippen LogP contribution in [0.5, 0.6) is 0 Å². The first-order chi connectivity index (χ1) is 8.65. The van der Waals surface area contributed by atoms with Crippen LogP contribution in [-0.2, 0) is 19.3 Å². The van der Waals surface area contributed by atoms with E-state index in [-0.39, 0.29) is 5.54 Å². The molecule has 1 atom stereocenters. The summed E-state index contributed by atoms with van der Waals surface area (Å²) < 4.78 is 0.852. The summed E-state index contributed by atoms with van der Waals surface area (Å²) in [6.07, 6.45) is 4.04. The number of aryl methyl sites for hydroxylation is 1. The lowest BCUT2D eigenvalue weighted by Gasteiger charge is -2.34. The molecule has 1 aliphatic rings. The molecule has 2 N–H and O–H groups in total. The number of halogens is 1. The Morgan fingerprint density at radius 3 is 2.67 bits per heavy atom. The number of nitrogens with two attached hydrogens (primary N) is 1. The van der Waals surface area contributed by atoms with Gasteiger partial charge in [-0.05, 0) is 42.5 Å². The van der Waals surface area contributed by atoms with Crippen LogP contribution in [0, 0.1) is 0 Å². The SMILES string of the molecule is NC1(Cc2ccc(Cl)s2)CCc2ccccc2C1. The van der Waals surface area contributed by atoms with Gasteiger partial charge < -0.3 is 5.73 Å². The van der Waals surface area contributed by atoms with Gasteiger partial charge in [0.2, 0.25) is 0 Å². The number of hydrogen-bond donors (Lipinski definition) is 1. The summed E-state index contributed by atoms with van der Waals surface area (Å²) in [7, 11) is 0. The van der Waals surface area contributed by atoms with Gasteiger partial charge in [0.1, 0.15) is 0 Å². The molecule has 0 bridgehead atoms. The van der Waals surface area contributed by atoms with Crippen molar-refractivity contribution in [1.82, 2.24) is 0 Å². The van der Waals surface area contributed by atoms with E-state index in [1.165, 1.54) is 16.0 Å². The molecular formula is C15H16ClNS. The maximum Gasteiger partial charge on any atom is 0.0931 e. The van der Waals surface area contributed by atoms with Crippen molar-refractivity contribution >= 4 is 22.9 Å². The number of fused-ring (bicyclic) bond motifs is 1. The lowest BCUT2D eigenvalue weighted by atomic mass is 9.76. The Balaban J connectivity index is 1.81. The van der Waals surface area contributed by atoms with Gasteiger partial charge in [-0.25, -0.2) is 0 Å². The molecule has 1 aliphatic carbocycles. The summed E-state index contributed by atoms with van der Waals surface area (Å²) in [4.78, 5) is 1.29. The lowest BCUT2D eigenvalue weighted by Crippen LogP contribution is -2.46. The molecule has 1 nitrogen and oxygen atoms in total. The van der Waals surface area contributed by atoms with E-state index in [1.807, 2.05) is 6.07 Å². The van der Waals surface area contributed by atoms with Crippen LogP contribution < -0.4 is 5.73 Å². The highest BCUT2D eigenvalue weighted by Crippen LogP contribution is 2.32. The number of hydrogen-bond acceptors (Lipinski definition) is 2. The molecule has 0 radical (unpaired) electrons. The summed E-state index contributed by atoms with van der Waals surface area (Å²) in [6.45, 7) is 0. The molecule has 0 saturated carbocycles. The molecule has 0 aliphatic heterocycles. The van der Waals surface area contributed by atoms with Gasteiger partial charge in [-0.1, -0.05) is 35.9 Å². The summed E-state index contributed by atoms with van der Waals surface area (Å²) >= 11 is 7.63. The van der Waals surface area contributed by atoms with Crippen molar-refractivity contribution in [3.63, 3.8) is 0 Å². The quantitative estimate of drug-likeness (QED) is 0.887. The van der Waals surface area contributed by atoms with Crippen molar-refractivity contribution in [2.45, 2.75) is 31.2 Å². The molecule has 0 spiro atoms. The largest absolute Gasteiger partial charge is 0.324 e. The number of rotatable bonds is 2. The topological polar surface area (TPSA) is 26.0 Å². The monoisotopic (exact) mass is 277 g/mol. The first-order valence-corrected chi connectivity index (χ1v) is 7.44. The minimum absolute atomic E-state index is 0.109. The molecule has 1 unspecified atom stereocenters. The zero-order valence-electron chi connectivity index (χ0n) is 10.2. The minimum Gasteiger partial charge on any atom is -0.324 e. The third kappa shape index (κ3) is 2.46. The fourth-order valence-electron chi connectivity index (χ4n) is 2.77. The van der Waals surface area contributed by atoms with E-state index in [4.69, 9.17) is 17.3 Å². The van der Waals surface area contributed by atoms with Crippen LogP contribution in [0.1, 0.15) is 22.4 Å². The number of thiophene rings is 1. The molecular weight excluding hydrogens is 262 g/mol. The Morgan fingerprint density at radius 2 is 1.94 bits per heavy atom. The van der Waals surface area contributed by atoms with Gasteiger partial charge in [0.05, 0.1) is 4.34 Å². The van der Waals surface area contributed by atoms with Crippen molar-refractivity contribution < 1.29 is 0 Å². The van der Waals surface area contributed by atoms with Crippen LogP contribution in [-0.4, -0.2) is 5.54 Å². The van der Waals surface area contributed by atoms with Gasteiger partial charge >= 0.3 is 0 Å². The second-order valence-corrected chi connectivity index (χ2v) is 6.99. The summed E-state index contributed by atoms with van der Waals surface area (Å²) in [5.74, 6) is 0. The fourth-order valence-corrected chi connectivity index (χ4v) is 4.01. The van der Waals surface area contributed by atoms with E-state index in [1.54, 1.807) is 11.3 Å². The Morgan fingerprint density at radius 1 is 1.17 bits per heavy atom. The van der Waals surface area contributed by atoms with Gasteiger partial charge in [-0.15, -0.1) is 11.3 Å². The van der Waals surface area contributed by atoms with Crippen LogP contribution in [0.2, 0.25) is 4.34 Å². The van der Waals surface area contributed by atoms with Crippen molar-refractivity contribution in [1.29, 1.82) is 0 Å². The van der Waals surface area contributed by atoms with Crippen LogP contribution in [0.15, 0.2) is 36.4 Å². The van der Waals surface area contributed by atoms with Crippen LogP contribution in [0.4, 0.5) is 0 Å². The molecule has 0 amide bonds. The minimum atomic E-state index is -0.109. The maximum absolute atomic E-state index is 6.58.